The molecule has 0 fully saturated rings. The Morgan fingerprint density at radius 3 is 1.00 bits per heavy atom. The van der Waals surface area contributed by atoms with Gasteiger partial charge in [0.15, 0.2) is 0 Å². The second kappa shape index (κ2) is 9.86. The normalized spacial score (nSPS) is 12.1. The third kappa shape index (κ3) is 7.81. The van der Waals surface area contributed by atoms with Crippen LogP contribution in [0.25, 0.3) is 0 Å². The molecule has 0 saturated carbocycles. The first kappa shape index (κ1) is 20.9. The van der Waals surface area contributed by atoms with Gasteiger partial charge in [-0.3, -0.25) is 9.59 Å². The summed E-state index contributed by atoms with van der Waals surface area (Å²) in [6, 6.07) is 0. The highest BCUT2D eigenvalue weighted by molar-refractivity contribution is 5.77. The largest absolute Gasteiger partial charge is 0.462 e. The molecule has 0 aromatic carbocycles. The molecule has 22 heavy (non-hydrogen) atoms. The van der Waals surface area contributed by atoms with Crippen molar-refractivity contribution in [2.45, 2.75) is 80.4 Å². The first-order valence-electron chi connectivity index (χ1n) is 8.45. The summed E-state index contributed by atoms with van der Waals surface area (Å²) in [5.41, 5.74) is 0. The van der Waals surface area contributed by atoms with E-state index in [1.54, 1.807) is 0 Å². The van der Waals surface area contributed by atoms with E-state index < -0.39 is 0 Å². The molecular weight excluding hydrogens is 280 g/mol. The Labute approximate surface area is 135 Å². The maximum absolute atomic E-state index is 11.9. The molecule has 0 aliphatic carbocycles. The van der Waals surface area contributed by atoms with Crippen LogP contribution in [-0.2, 0) is 19.1 Å². The minimum atomic E-state index is -0.324. The Bertz CT molecular complexity index is 295. The van der Waals surface area contributed by atoms with Crippen LogP contribution in [0.1, 0.15) is 68.2 Å². The van der Waals surface area contributed by atoms with Crippen LogP contribution in [0.5, 0.6) is 0 Å². The number of ether oxygens (including phenoxy) is 2. The molecule has 0 N–H and O–H groups in total. The van der Waals surface area contributed by atoms with Crippen LogP contribution in [-0.4, -0.2) is 24.1 Å². The van der Waals surface area contributed by atoms with E-state index in [1.165, 1.54) is 0 Å². The van der Waals surface area contributed by atoms with Gasteiger partial charge in [0.25, 0.3) is 0 Å². The highest BCUT2D eigenvalue weighted by atomic mass is 16.6. The van der Waals surface area contributed by atoms with Gasteiger partial charge in [-0.25, -0.2) is 0 Å². The molecule has 0 heterocycles. The number of carbonyl (C=O) groups excluding carboxylic acids is 2. The predicted octanol–water partition coefficient (Wildman–Crippen LogP) is 4.21. The number of carbonyl (C=O) groups is 2. The molecule has 0 amide bonds. The van der Waals surface area contributed by atoms with Gasteiger partial charge in [-0.05, 0) is 23.7 Å². The maximum atomic E-state index is 11.9. The van der Waals surface area contributed by atoms with Gasteiger partial charge in [-0.1, -0.05) is 55.4 Å². The summed E-state index contributed by atoms with van der Waals surface area (Å²) < 4.78 is 11.0. The van der Waals surface area contributed by atoms with E-state index in [2.05, 4.69) is 0 Å². The SMILES string of the molecule is CC(C)C(OC(=O)CCC(=O)OC(C(C)C)C(C)C)C(C)C. The molecule has 0 aromatic heterocycles. The van der Waals surface area contributed by atoms with E-state index in [-0.39, 0.29) is 60.7 Å². The van der Waals surface area contributed by atoms with Crippen molar-refractivity contribution in [3.8, 4) is 0 Å². The molecule has 0 atom stereocenters. The van der Waals surface area contributed by atoms with E-state index in [0.29, 0.717) is 0 Å². The van der Waals surface area contributed by atoms with Crippen molar-refractivity contribution >= 4 is 11.9 Å². The lowest BCUT2D eigenvalue weighted by Gasteiger charge is -2.26. The van der Waals surface area contributed by atoms with Crippen molar-refractivity contribution in [1.29, 1.82) is 0 Å². The summed E-state index contributed by atoms with van der Waals surface area (Å²) >= 11 is 0. The molecule has 0 spiro atoms. The van der Waals surface area contributed by atoms with Gasteiger partial charge in [0.1, 0.15) is 12.2 Å². The monoisotopic (exact) mass is 314 g/mol. The molecular formula is C18H34O4. The Balaban J connectivity index is 4.32. The maximum Gasteiger partial charge on any atom is 0.306 e. The van der Waals surface area contributed by atoms with Crippen LogP contribution < -0.4 is 0 Å². The second-order valence-corrected chi connectivity index (χ2v) is 7.39. The van der Waals surface area contributed by atoms with E-state index in [9.17, 15) is 9.59 Å². The lowest BCUT2D eigenvalue weighted by molar-refractivity contribution is -0.161. The average Bonchev–Trinajstić information content (AvgIpc) is 2.38. The molecule has 0 saturated heterocycles. The summed E-state index contributed by atoms with van der Waals surface area (Å²) in [5, 5.41) is 0. The van der Waals surface area contributed by atoms with Gasteiger partial charge in [-0.2, -0.15) is 0 Å². The van der Waals surface area contributed by atoms with Crippen molar-refractivity contribution in [3.05, 3.63) is 0 Å². The molecule has 0 aliphatic heterocycles. The fourth-order valence-electron chi connectivity index (χ4n) is 2.71. The lowest BCUT2D eigenvalue weighted by atomic mass is 9.96. The number of rotatable bonds is 9. The third-order valence-corrected chi connectivity index (χ3v) is 3.70. The van der Waals surface area contributed by atoms with Crippen molar-refractivity contribution in [2.75, 3.05) is 0 Å². The Morgan fingerprint density at radius 2 is 0.818 bits per heavy atom. The molecule has 0 rings (SSSR count). The van der Waals surface area contributed by atoms with Gasteiger partial charge in [0.2, 0.25) is 0 Å². The fraction of sp³-hybridized carbons (Fsp3) is 0.889. The first-order valence-corrected chi connectivity index (χ1v) is 8.45. The van der Waals surface area contributed by atoms with Crippen molar-refractivity contribution < 1.29 is 19.1 Å². The molecule has 4 nitrogen and oxygen atoms in total. The summed E-state index contributed by atoms with van der Waals surface area (Å²) in [4.78, 5) is 23.8. The van der Waals surface area contributed by atoms with E-state index in [1.807, 2.05) is 55.4 Å². The molecule has 130 valence electrons. The molecule has 0 bridgehead atoms. The summed E-state index contributed by atoms with van der Waals surface area (Å²) in [7, 11) is 0. The van der Waals surface area contributed by atoms with Gasteiger partial charge in [-0.15, -0.1) is 0 Å². The van der Waals surface area contributed by atoms with Crippen molar-refractivity contribution in [2.24, 2.45) is 23.7 Å². The zero-order valence-electron chi connectivity index (χ0n) is 15.5. The molecule has 0 unspecified atom stereocenters. The quantitative estimate of drug-likeness (QED) is 0.598. The minimum absolute atomic E-state index is 0.0810. The lowest BCUT2D eigenvalue weighted by Crippen LogP contribution is -2.30. The van der Waals surface area contributed by atoms with Gasteiger partial charge < -0.3 is 9.47 Å². The average molecular weight is 314 g/mol. The van der Waals surface area contributed by atoms with Crippen LogP contribution >= 0.6 is 0 Å². The van der Waals surface area contributed by atoms with Crippen LogP contribution in [0.15, 0.2) is 0 Å². The molecule has 0 aromatic rings. The predicted molar refractivity (Wildman–Crippen MR) is 88.3 cm³/mol. The van der Waals surface area contributed by atoms with Gasteiger partial charge >= 0.3 is 11.9 Å². The Kier molecular flexibility index (Phi) is 9.38. The molecule has 4 heteroatoms. The first-order chi connectivity index (χ1) is 10.1. The third-order valence-electron chi connectivity index (χ3n) is 3.70. The van der Waals surface area contributed by atoms with E-state index >= 15 is 0 Å². The highest BCUT2D eigenvalue weighted by Crippen LogP contribution is 2.19. The summed E-state index contributed by atoms with van der Waals surface area (Å²) in [6.07, 6.45) is -0.0553. The van der Waals surface area contributed by atoms with Crippen molar-refractivity contribution in [1.82, 2.24) is 0 Å². The number of esters is 2. The summed E-state index contributed by atoms with van der Waals surface area (Å²) in [6.45, 7) is 16.2. The zero-order valence-corrected chi connectivity index (χ0v) is 15.5. The van der Waals surface area contributed by atoms with Crippen LogP contribution in [0.3, 0.4) is 0 Å². The second-order valence-electron chi connectivity index (χ2n) is 7.39. The zero-order chi connectivity index (χ0) is 17.4. The standard InChI is InChI=1S/C18H34O4/c1-11(2)17(12(3)4)21-15(19)9-10-16(20)22-18(13(5)6)14(7)8/h11-14,17-18H,9-10H2,1-8H3. The summed E-state index contributed by atoms with van der Waals surface area (Å²) in [5.74, 6) is 0.415. The number of hydrogen-bond acceptors (Lipinski definition) is 4. The minimum Gasteiger partial charge on any atom is -0.462 e. The van der Waals surface area contributed by atoms with Crippen LogP contribution in [0, 0.1) is 23.7 Å². The molecule has 0 aliphatic rings. The smallest absolute Gasteiger partial charge is 0.306 e. The van der Waals surface area contributed by atoms with Crippen LogP contribution in [0.2, 0.25) is 0 Å². The van der Waals surface area contributed by atoms with E-state index in [0.717, 1.165) is 0 Å². The van der Waals surface area contributed by atoms with Crippen LogP contribution in [0.4, 0.5) is 0 Å². The topological polar surface area (TPSA) is 52.6 Å². The fourth-order valence-corrected chi connectivity index (χ4v) is 2.71. The number of hydrogen-bond donors (Lipinski definition) is 0. The van der Waals surface area contributed by atoms with E-state index in [4.69, 9.17) is 9.47 Å². The van der Waals surface area contributed by atoms with Gasteiger partial charge in [0, 0.05) is 0 Å². The van der Waals surface area contributed by atoms with Gasteiger partial charge in [0.05, 0.1) is 12.8 Å². The van der Waals surface area contributed by atoms with Crippen molar-refractivity contribution in [3.63, 3.8) is 0 Å². The Morgan fingerprint density at radius 1 is 0.591 bits per heavy atom. The molecule has 0 radical (unpaired) electrons. The Hall–Kier alpha value is -1.06. The highest BCUT2D eigenvalue weighted by Gasteiger charge is 2.24.